The first-order valence-electron chi connectivity index (χ1n) is 8.91. The maximum atomic E-state index is 12.6. The molecule has 0 aliphatic carbocycles. The molecule has 0 bridgehead atoms. The van der Waals surface area contributed by atoms with Gasteiger partial charge < -0.3 is 20.6 Å². The van der Waals surface area contributed by atoms with Crippen molar-refractivity contribution in [2.24, 2.45) is 11.8 Å². The highest BCUT2D eigenvalue weighted by Gasteiger charge is 2.31. The number of hydrogen-bond donors (Lipinski definition) is 3. The van der Waals surface area contributed by atoms with Gasteiger partial charge in [-0.05, 0) is 44.2 Å². The monoisotopic (exact) mass is 336 g/mol. The number of nitrogen functional groups attached to an aromatic ring is 1. The molecule has 0 spiro atoms. The highest BCUT2D eigenvalue weighted by atomic mass is 16.3. The molecule has 0 radical (unpaired) electrons. The van der Waals surface area contributed by atoms with E-state index in [0.717, 1.165) is 19.5 Å². The zero-order valence-electron chi connectivity index (χ0n) is 14.2. The van der Waals surface area contributed by atoms with Crippen LogP contribution in [0.1, 0.15) is 31.5 Å². The van der Waals surface area contributed by atoms with Gasteiger partial charge in [-0.1, -0.05) is 0 Å². The summed E-state index contributed by atoms with van der Waals surface area (Å²) in [5.74, 6) is 1.62. The molecule has 8 nitrogen and oxygen atoms in total. The molecule has 1 aromatic heterocycles. The van der Waals surface area contributed by atoms with Crippen molar-refractivity contribution in [1.29, 1.82) is 0 Å². The lowest BCUT2D eigenvalue weighted by molar-refractivity contribution is -0.134. The molecule has 2 aliphatic heterocycles. The summed E-state index contributed by atoms with van der Waals surface area (Å²) in [6.07, 6.45) is 4.47. The SMILES string of the molecule is Nc1n[nH]c(CCC(=O)N2C[C@@H](CN3CCCC3)C[C@H](CO)C2)n1. The molecule has 2 fully saturated rings. The van der Waals surface area contributed by atoms with Crippen LogP contribution in [0.4, 0.5) is 5.95 Å². The second kappa shape index (κ2) is 7.94. The standard InChI is InChI=1S/C16H28N6O2/c17-16-18-14(19-20-16)3-4-15(24)22-9-12(7-13(10-22)11-23)8-21-5-1-2-6-21/h12-13,23H,1-11H2,(H3,17,18,19,20)/t12-,13+/m1/s1. The molecule has 2 atom stereocenters. The van der Waals surface area contributed by atoms with E-state index >= 15 is 0 Å². The Labute approximate surface area is 142 Å². The van der Waals surface area contributed by atoms with Crippen LogP contribution in [0.15, 0.2) is 0 Å². The fourth-order valence-corrected chi connectivity index (χ4v) is 3.92. The molecule has 2 saturated heterocycles. The zero-order valence-corrected chi connectivity index (χ0v) is 14.2. The number of nitrogens with zero attached hydrogens (tertiary/aromatic N) is 4. The number of nitrogens with two attached hydrogens (primary N) is 1. The number of carbonyl (C=O) groups excluding carboxylic acids is 1. The second-order valence-corrected chi connectivity index (χ2v) is 7.10. The van der Waals surface area contributed by atoms with E-state index < -0.39 is 0 Å². The van der Waals surface area contributed by atoms with Crippen LogP contribution in [0.2, 0.25) is 0 Å². The Morgan fingerprint density at radius 3 is 2.71 bits per heavy atom. The number of hydrogen-bond acceptors (Lipinski definition) is 6. The van der Waals surface area contributed by atoms with Gasteiger partial charge in [-0.2, -0.15) is 4.98 Å². The van der Waals surface area contributed by atoms with Crippen LogP contribution in [0.25, 0.3) is 0 Å². The number of carbonyl (C=O) groups is 1. The van der Waals surface area contributed by atoms with Crippen molar-refractivity contribution < 1.29 is 9.90 Å². The van der Waals surface area contributed by atoms with E-state index in [1.54, 1.807) is 0 Å². The summed E-state index contributed by atoms with van der Waals surface area (Å²) in [4.78, 5) is 21.0. The molecule has 24 heavy (non-hydrogen) atoms. The number of amides is 1. The Kier molecular flexibility index (Phi) is 5.68. The van der Waals surface area contributed by atoms with Crippen molar-refractivity contribution >= 4 is 11.9 Å². The van der Waals surface area contributed by atoms with Gasteiger partial charge in [0.05, 0.1) is 0 Å². The average Bonchev–Trinajstić information content (AvgIpc) is 3.24. The number of aromatic nitrogens is 3. The van der Waals surface area contributed by atoms with Gasteiger partial charge in [0, 0.05) is 39.1 Å². The van der Waals surface area contributed by atoms with E-state index in [4.69, 9.17) is 5.73 Å². The molecule has 1 aromatic rings. The molecule has 0 unspecified atom stereocenters. The molecule has 8 heteroatoms. The maximum absolute atomic E-state index is 12.6. The summed E-state index contributed by atoms with van der Waals surface area (Å²) >= 11 is 0. The van der Waals surface area contributed by atoms with Gasteiger partial charge in [-0.3, -0.25) is 9.89 Å². The van der Waals surface area contributed by atoms with Crippen LogP contribution >= 0.6 is 0 Å². The first-order valence-corrected chi connectivity index (χ1v) is 8.91. The molecule has 4 N–H and O–H groups in total. The number of aliphatic hydroxyl groups excluding tert-OH is 1. The van der Waals surface area contributed by atoms with E-state index in [1.165, 1.54) is 25.9 Å². The lowest BCUT2D eigenvalue weighted by Gasteiger charge is -2.38. The summed E-state index contributed by atoms with van der Waals surface area (Å²) < 4.78 is 0. The molecule has 134 valence electrons. The van der Waals surface area contributed by atoms with Gasteiger partial charge in [0.15, 0.2) is 0 Å². The second-order valence-electron chi connectivity index (χ2n) is 7.10. The number of piperidine rings is 1. The number of anilines is 1. The third-order valence-corrected chi connectivity index (χ3v) is 5.07. The van der Waals surface area contributed by atoms with E-state index in [9.17, 15) is 9.90 Å². The van der Waals surface area contributed by atoms with E-state index in [2.05, 4.69) is 20.1 Å². The molecule has 0 saturated carbocycles. The molecule has 0 aromatic carbocycles. The largest absolute Gasteiger partial charge is 0.396 e. The summed E-state index contributed by atoms with van der Waals surface area (Å²) in [6, 6.07) is 0. The molecular weight excluding hydrogens is 308 g/mol. The number of aromatic amines is 1. The van der Waals surface area contributed by atoms with Gasteiger partial charge in [0.1, 0.15) is 5.82 Å². The fourth-order valence-electron chi connectivity index (χ4n) is 3.92. The Bertz CT molecular complexity index is 542. The minimum atomic E-state index is 0.120. The number of rotatable bonds is 6. The zero-order chi connectivity index (χ0) is 16.9. The Morgan fingerprint density at radius 1 is 1.29 bits per heavy atom. The van der Waals surface area contributed by atoms with Gasteiger partial charge in [0.25, 0.3) is 0 Å². The average molecular weight is 336 g/mol. The van der Waals surface area contributed by atoms with Gasteiger partial charge >= 0.3 is 0 Å². The summed E-state index contributed by atoms with van der Waals surface area (Å²) in [5, 5.41) is 16.1. The molecular formula is C16H28N6O2. The van der Waals surface area contributed by atoms with Crippen LogP contribution in [0.5, 0.6) is 0 Å². The Balaban J connectivity index is 1.52. The van der Waals surface area contributed by atoms with Crippen molar-refractivity contribution in [2.45, 2.75) is 32.1 Å². The third kappa shape index (κ3) is 4.45. The van der Waals surface area contributed by atoms with Crippen LogP contribution < -0.4 is 5.73 Å². The fraction of sp³-hybridized carbons (Fsp3) is 0.812. The van der Waals surface area contributed by atoms with Gasteiger partial charge in [-0.15, -0.1) is 5.10 Å². The van der Waals surface area contributed by atoms with E-state index in [1.807, 2.05) is 4.90 Å². The van der Waals surface area contributed by atoms with Crippen LogP contribution in [0, 0.1) is 11.8 Å². The highest BCUT2D eigenvalue weighted by molar-refractivity contribution is 5.76. The predicted molar refractivity (Wildman–Crippen MR) is 90.1 cm³/mol. The summed E-state index contributed by atoms with van der Waals surface area (Å²) in [5.41, 5.74) is 5.48. The summed E-state index contributed by atoms with van der Waals surface area (Å²) in [7, 11) is 0. The predicted octanol–water partition coefficient (Wildman–Crippen LogP) is -0.128. The van der Waals surface area contributed by atoms with Crippen LogP contribution in [-0.4, -0.2) is 75.3 Å². The first kappa shape index (κ1) is 17.2. The Morgan fingerprint density at radius 2 is 2.04 bits per heavy atom. The van der Waals surface area contributed by atoms with Gasteiger partial charge in [0.2, 0.25) is 11.9 Å². The van der Waals surface area contributed by atoms with Crippen LogP contribution in [0.3, 0.4) is 0 Å². The molecule has 2 aliphatic rings. The normalized spacial score (nSPS) is 25.3. The van der Waals surface area contributed by atoms with Crippen molar-refractivity contribution in [3.63, 3.8) is 0 Å². The smallest absolute Gasteiger partial charge is 0.239 e. The van der Waals surface area contributed by atoms with Crippen molar-refractivity contribution in [3.05, 3.63) is 5.82 Å². The van der Waals surface area contributed by atoms with Crippen molar-refractivity contribution in [2.75, 3.05) is 45.1 Å². The third-order valence-electron chi connectivity index (χ3n) is 5.07. The highest BCUT2D eigenvalue weighted by Crippen LogP contribution is 2.24. The summed E-state index contributed by atoms with van der Waals surface area (Å²) in [6.45, 7) is 4.98. The van der Waals surface area contributed by atoms with Crippen molar-refractivity contribution in [1.82, 2.24) is 25.0 Å². The maximum Gasteiger partial charge on any atom is 0.239 e. The molecule has 3 heterocycles. The van der Waals surface area contributed by atoms with Gasteiger partial charge in [-0.25, -0.2) is 0 Å². The van der Waals surface area contributed by atoms with E-state index in [0.29, 0.717) is 31.1 Å². The Hall–Kier alpha value is -1.67. The quantitative estimate of drug-likeness (QED) is 0.667. The molecule has 3 rings (SSSR count). The lowest BCUT2D eigenvalue weighted by Crippen LogP contribution is -2.47. The topological polar surface area (TPSA) is 111 Å². The number of aryl methyl sites for hydroxylation is 1. The number of H-pyrrole nitrogens is 1. The van der Waals surface area contributed by atoms with E-state index in [-0.39, 0.29) is 24.4 Å². The number of likely N-dealkylation sites (tertiary alicyclic amines) is 2. The van der Waals surface area contributed by atoms with Crippen molar-refractivity contribution in [3.8, 4) is 0 Å². The minimum absolute atomic E-state index is 0.120. The first-order chi connectivity index (χ1) is 11.6. The van der Waals surface area contributed by atoms with Crippen LogP contribution in [-0.2, 0) is 11.2 Å². The minimum Gasteiger partial charge on any atom is -0.396 e. The number of aliphatic hydroxyl groups is 1. The molecule has 1 amide bonds. The number of nitrogens with one attached hydrogen (secondary N) is 1. The lowest BCUT2D eigenvalue weighted by atomic mass is 9.89.